The molecule has 0 unspecified atom stereocenters. The number of hydrogen-bond acceptors (Lipinski definition) is 8. The van der Waals surface area contributed by atoms with Crippen LogP contribution >= 0.6 is 22.9 Å². The SMILES string of the molecule is CCOC(=O)C1=C(c2ccccc2)N=c2s/c(=C\c3ccccc3OCc3cccc(Cl)c3)c(=O)n2[C@H]1c1ccc(OC)c(OC)c1. The third-order valence-corrected chi connectivity index (χ3v) is 8.80. The summed E-state index contributed by atoms with van der Waals surface area (Å²) in [5.41, 5.74) is 3.35. The highest BCUT2D eigenvalue weighted by Crippen LogP contribution is 2.38. The number of hydrogen-bond donors (Lipinski definition) is 0. The maximum atomic E-state index is 14.4. The monoisotopic (exact) mass is 666 g/mol. The number of carbonyl (C=O) groups is 1. The lowest BCUT2D eigenvalue weighted by atomic mass is 9.93. The highest BCUT2D eigenvalue weighted by molar-refractivity contribution is 7.07. The number of aromatic nitrogens is 1. The van der Waals surface area contributed by atoms with Gasteiger partial charge in [0, 0.05) is 16.1 Å². The number of benzene rings is 4. The number of rotatable bonds is 10. The highest BCUT2D eigenvalue weighted by atomic mass is 35.5. The Bertz CT molecular complexity index is 2160. The molecule has 10 heteroatoms. The molecule has 4 aromatic carbocycles. The van der Waals surface area contributed by atoms with Crippen molar-refractivity contribution in [3.05, 3.63) is 150 Å². The van der Waals surface area contributed by atoms with Crippen LogP contribution in [0.3, 0.4) is 0 Å². The van der Waals surface area contributed by atoms with Gasteiger partial charge in [0.25, 0.3) is 5.56 Å². The molecule has 0 radical (unpaired) electrons. The molecule has 0 amide bonds. The van der Waals surface area contributed by atoms with Gasteiger partial charge in [-0.15, -0.1) is 0 Å². The van der Waals surface area contributed by atoms with Gasteiger partial charge in [-0.25, -0.2) is 9.79 Å². The number of carbonyl (C=O) groups excluding carboxylic acids is 1. The summed E-state index contributed by atoms with van der Waals surface area (Å²) in [6, 6.07) is 28.8. The van der Waals surface area contributed by atoms with Gasteiger partial charge in [0.1, 0.15) is 12.4 Å². The summed E-state index contributed by atoms with van der Waals surface area (Å²) in [6.45, 7) is 2.20. The lowest BCUT2D eigenvalue weighted by molar-refractivity contribution is -0.138. The molecule has 238 valence electrons. The maximum absolute atomic E-state index is 14.4. The van der Waals surface area contributed by atoms with Crippen molar-refractivity contribution in [3.8, 4) is 17.2 Å². The molecule has 1 aromatic heterocycles. The van der Waals surface area contributed by atoms with Crippen molar-refractivity contribution in [2.45, 2.75) is 19.6 Å². The lowest BCUT2D eigenvalue weighted by Crippen LogP contribution is -2.40. The molecule has 0 spiro atoms. The molecule has 0 saturated heterocycles. The fourth-order valence-electron chi connectivity index (χ4n) is 5.44. The van der Waals surface area contributed by atoms with Crippen LogP contribution in [-0.4, -0.2) is 31.4 Å². The fraction of sp³-hybridized carbons (Fsp3) is 0.162. The van der Waals surface area contributed by atoms with E-state index in [2.05, 4.69) is 0 Å². The normalized spacial score (nSPS) is 14.3. The molecule has 0 saturated carbocycles. The van der Waals surface area contributed by atoms with Crippen molar-refractivity contribution in [2.75, 3.05) is 20.8 Å². The Morgan fingerprint density at radius 3 is 2.43 bits per heavy atom. The van der Waals surface area contributed by atoms with Crippen LogP contribution in [0.1, 0.15) is 35.2 Å². The van der Waals surface area contributed by atoms with Crippen LogP contribution in [0.25, 0.3) is 11.8 Å². The Hall–Kier alpha value is -5.12. The van der Waals surface area contributed by atoms with Gasteiger partial charge in [0.05, 0.1) is 42.7 Å². The van der Waals surface area contributed by atoms with Crippen molar-refractivity contribution in [3.63, 3.8) is 0 Å². The summed E-state index contributed by atoms with van der Waals surface area (Å²) in [7, 11) is 3.09. The first-order chi connectivity index (χ1) is 22.9. The van der Waals surface area contributed by atoms with E-state index in [1.165, 1.54) is 18.4 Å². The maximum Gasteiger partial charge on any atom is 0.338 e. The van der Waals surface area contributed by atoms with E-state index in [-0.39, 0.29) is 17.7 Å². The van der Waals surface area contributed by atoms with Crippen LogP contribution in [-0.2, 0) is 16.1 Å². The zero-order valence-electron chi connectivity index (χ0n) is 25.9. The van der Waals surface area contributed by atoms with Gasteiger partial charge in [-0.2, -0.15) is 0 Å². The van der Waals surface area contributed by atoms with Crippen LogP contribution in [0, 0.1) is 0 Å². The minimum Gasteiger partial charge on any atom is -0.493 e. The van der Waals surface area contributed by atoms with Crippen molar-refractivity contribution in [1.82, 2.24) is 4.57 Å². The summed E-state index contributed by atoms with van der Waals surface area (Å²) < 4.78 is 24.8. The molecule has 0 N–H and O–H groups in total. The topological polar surface area (TPSA) is 88.4 Å². The number of nitrogens with zero attached hydrogens (tertiary/aromatic N) is 2. The first kappa shape index (κ1) is 31.8. The number of ether oxygens (including phenoxy) is 4. The minimum absolute atomic E-state index is 0.152. The predicted molar refractivity (Wildman–Crippen MR) is 183 cm³/mol. The highest BCUT2D eigenvalue weighted by Gasteiger charge is 2.35. The Kier molecular flexibility index (Phi) is 9.56. The Morgan fingerprint density at radius 2 is 1.68 bits per heavy atom. The first-order valence-electron chi connectivity index (χ1n) is 14.9. The van der Waals surface area contributed by atoms with Crippen LogP contribution in [0.4, 0.5) is 0 Å². The first-order valence-corrected chi connectivity index (χ1v) is 16.1. The Labute approximate surface area is 280 Å². The molecule has 0 bridgehead atoms. The van der Waals surface area contributed by atoms with E-state index in [1.807, 2.05) is 84.9 Å². The van der Waals surface area contributed by atoms with Crippen molar-refractivity contribution in [1.29, 1.82) is 0 Å². The summed E-state index contributed by atoms with van der Waals surface area (Å²) in [5, 5.41) is 0.626. The average molecular weight is 667 g/mol. The van der Waals surface area contributed by atoms with Gasteiger partial charge in [0.2, 0.25) is 0 Å². The van der Waals surface area contributed by atoms with E-state index < -0.39 is 12.0 Å². The predicted octanol–water partition coefficient (Wildman–Crippen LogP) is 6.19. The molecular weight excluding hydrogens is 636 g/mol. The van der Waals surface area contributed by atoms with E-state index in [9.17, 15) is 9.59 Å². The molecule has 6 rings (SSSR count). The standard InChI is InChI=1S/C37H31ClN2O6S/c1-4-45-36(42)32-33(24-12-6-5-7-13-24)39-37-40(34(32)26-17-18-29(43-2)30(20-26)44-3)35(41)31(47-37)21-25-14-8-9-16-28(25)46-22-23-11-10-15-27(38)19-23/h5-21,34H,4,22H2,1-3H3/b31-21-/t34-/m0/s1. The van der Waals surface area contributed by atoms with Crippen molar-refractivity contribution in [2.24, 2.45) is 4.99 Å². The number of para-hydroxylation sites is 1. The van der Waals surface area contributed by atoms with Gasteiger partial charge >= 0.3 is 5.97 Å². The van der Waals surface area contributed by atoms with Gasteiger partial charge in [-0.3, -0.25) is 9.36 Å². The number of halogens is 1. The fourth-order valence-corrected chi connectivity index (χ4v) is 6.64. The average Bonchev–Trinajstić information content (AvgIpc) is 3.41. The second kappa shape index (κ2) is 14.1. The summed E-state index contributed by atoms with van der Waals surface area (Å²) in [4.78, 5) is 33.5. The summed E-state index contributed by atoms with van der Waals surface area (Å²) in [5.74, 6) is 1.01. The van der Waals surface area contributed by atoms with E-state index in [0.717, 1.165) is 16.7 Å². The zero-order valence-corrected chi connectivity index (χ0v) is 27.5. The number of esters is 1. The van der Waals surface area contributed by atoms with Crippen LogP contribution in [0.2, 0.25) is 5.02 Å². The molecule has 2 heterocycles. The van der Waals surface area contributed by atoms with Gasteiger partial charge in [0.15, 0.2) is 16.3 Å². The van der Waals surface area contributed by atoms with E-state index >= 15 is 0 Å². The number of methoxy groups -OCH3 is 2. The molecular formula is C37H31ClN2O6S. The molecule has 5 aromatic rings. The largest absolute Gasteiger partial charge is 0.493 e. The summed E-state index contributed by atoms with van der Waals surface area (Å²) >= 11 is 7.40. The Morgan fingerprint density at radius 1 is 0.915 bits per heavy atom. The van der Waals surface area contributed by atoms with Crippen molar-refractivity contribution >= 4 is 40.7 Å². The Balaban J connectivity index is 1.55. The molecule has 47 heavy (non-hydrogen) atoms. The molecule has 1 aliphatic heterocycles. The third-order valence-electron chi connectivity index (χ3n) is 7.59. The number of fused-ring (bicyclic) bond motifs is 1. The molecule has 1 atom stereocenters. The van der Waals surface area contributed by atoms with Crippen LogP contribution < -0.4 is 29.1 Å². The smallest absolute Gasteiger partial charge is 0.338 e. The molecule has 1 aliphatic rings. The molecule has 0 fully saturated rings. The zero-order chi connectivity index (χ0) is 32.9. The van der Waals surface area contributed by atoms with Crippen molar-refractivity contribution < 1.29 is 23.7 Å². The quantitative estimate of drug-likeness (QED) is 0.165. The second-order valence-corrected chi connectivity index (χ2v) is 11.9. The summed E-state index contributed by atoms with van der Waals surface area (Å²) in [6.07, 6.45) is 1.79. The van der Waals surface area contributed by atoms with Gasteiger partial charge in [-0.1, -0.05) is 89.7 Å². The van der Waals surface area contributed by atoms with Gasteiger partial charge in [-0.05, 0) is 54.5 Å². The third kappa shape index (κ3) is 6.58. The van der Waals surface area contributed by atoms with Crippen LogP contribution in [0.15, 0.2) is 112 Å². The van der Waals surface area contributed by atoms with E-state index in [0.29, 0.717) is 49.5 Å². The molecule has 8 nitrogen and oxygen atoms in total. The van der Waals surface area contributed by atoms with Gasteiger partial charge < -0.3 is 18.9 Å². The second-order valence-electron chi connectivity index (χ2n) is 10.5. The van der Waals surface area contributed by atoms with Crippen LogP contribution in [0.5, 0.6) is 17.2 Å². The lowest BCUT2D eigenvalue weighted by Gasteiger charge is -2.26. The number of thiazole rings is 1. The molecule has 0 aliphatic carbocycles. The minimum atomic E-state index is -0.864. The van der Waals surface area contributed by atoms with E-state index in [1.54, 1.807) is 36.8 Å². The van der Waals surface area contributed by atoms with E-state index in [4.69, 9.17) is 35.5 Å².